The SMILES string of the molecule is CC(NC(=O)c1cc(N2CCNC(=O)C2)ccn1)c1nnc2n1CCCC2. The van der Waals surface area contributed by atoms with Crippen molar-refractivity contribution in [3.05, 3.63) is 35.7 Å². The molecular formula is C18H23N7O2. The second-order valence-electron chi connectivity index (χ2n) is 6.95. The third-order valence-electron chi connectivity index (χ3n) is 5.00. The molecule has 0 saturated carbocycles. The third kappa shape index (κ3) is 3.62. The van der Waals surface area contributed by atoms with E-state index in [0.717, 1.165) is 43.1 Å². The van der Waals surface area contributed by atoms with E-state index in [1.165, 1.54) is 0 Å². The van der Waals surface area contributed by atoms with E-state index in [4.69, 9.17) is 0 Å². The lowest BCUT2D eigenvalue weighted by Gasteiger charge is -2.28. The normalized spacial score (nSPS) is 17.8. The number of pyridine rings is 1. The molecule has 9 nitrogen and oxygen atoms in total. The number of amides is 2. The van der Waals surface area contributed by atoms with Crippen molar-refractivity contribution in [2.45, 2.75) is 38.8 Å². The van der Waals surface area contributed by atoms with Crippen LogP contribution in [0.5, 0.6) is 0 Å². The van der Waals surface area contributed by atoms with Gasteiger partial charge in [-0.15, -0.1) is 10.2 Å². The fourth-order valence-electron chi connectivity index (χ4n) is 3.59. The minimum atomic E-state index is -0.265. The Labute approximate surface area is 157 Å². The minimum absolute atomic E-state index is 0.0192. The molecule has 0 bridgehead atoms. The molecule has 1 unspecified atom stereocenters. The molecule has 2 aliphatic heterocycles. The van der Waals surface area contributed by atoms with E-state index in [1.54, 1.807) is 12.3 Å². The molecule has 0 aromatic carbocycles. The Balaban J connectivity index is 1.47. The first-order valence-electron chi connectivity index (χ1n) is 9.32. The van der Waals surface area contributed by atoms with Crippen LogP contribution < -0.4 is 15.5 Å². The number of aromatic nitrogens is 4. The van der Waals surface area contributed by atoms with E-state index in [2.05, 4.69) is 30.4 Å². The summed E-state index contributed by atoms with van der Waals surface area (Å²) in [4.78, 5) is 30.4. The number of nitrogens with one attached hydrogen (secondary N) is 2. The van der Waals surface area contributed by atoms with Crippen molar-refractivity contribution in [1.82, 2.24) is 30.4 Å². The van der Waals surface area contributed by atoms with Gasteiger partial charge in [0.05, 0.1) is 12.6 Å². The molecule has 1 fully saturated rings. The number of carbonyl (C=O) groups excluding carboxylic acids is 2. The van der Waals surface area contributed by atoms with Crippen molar-refractivity contribution in [2.75, 3.05) is 24.5 Å². The van der Waals surface area contributed by atoms with Gasteiger partial charge in [-0.1, -0.05) is 0 Å². The van der Waals surface area contributed by atoms with Crippen LogP contribution in [0.25, 0.3) is 0 Å². The summed E-state index contributed by atoms with van der Waals surface area (Å²) in [5, 5.41) is 14.3. The number of aryl methyl sites for hydroxylation is 1. The first-order valence-corrected chi connectivity index (χ1v) is 9.32. The maximum atomic E-state index is 12.7. The number of rotatable bonds is 4. The highest BCUT2D eigenvalue weighted by Gasteiger charge is 2.23. The Morgan fingerprint density at radius 3 is 3.04 bits per heavy atom. The maximum Gasteiger partial charge on any atom is 0.270 e. The number of hydrogen-bond acceptors (Lipinski definition) is 6. The van der Waals surface area contributed by atoms with Gasteiger partial charge in [-0.3, -0.25) is 14.6 Å². The van der Waals surface area contributed by atoms with Gasteiger partial charge in [-0.05, 0) is 31.9 Å². The van der Waals surface area contributed by atoms with Crippen LogP contribution in [0, 0.1) is 0 Å². The molecule has 27 heavy (non-hydrogen) atoms. The monoisotopic (exact) mass is 369 g/mol. The Bertz CT molecular complexity index is 863. The van der Waals surface area contributed by atoms with E-state index < -0.39 is 0 Å². The highest BCUT2D eigenvalue weighted by atomic mass is 16.2. The van der Waals surface area contributed by atoms with Gasteiger partial charge < -0.3 is 20.1 Å². The average Bonchev–Trinajstić information content (AvgIpc) is 3.12. The molecular weight excluding hydrogens is 346 g/mol. The van der Waals surface area contributed by atoms with Gasteiger partial charge in [-0.25, -0.2) is 0 Å². The molecule has 0 aliphatic carbocycles. The molecule has 2 aliphatic rings. The number of piperazine rings is 1. The Hall–Kier alpha value is -2.97. The van der Waals surface area contributed by atoms with Crippen LogP contribution in [0.2, 0.25) is 0 Å². The Morgan fingerprint density at radius 2 is 2.19 bits per heavy atom. The lowest BCUT2D eigenvalue weighted by Crippen LogP contribution is -2.47. The number of carbonyl (C=O) groups is 2. The molecule has 2 N–H and O–H groups in total. The van der Waals surface area contributed by atoms with E-state index in [9.17, 15) is 9.59 Å². The summed E-state index contributed by atoms with van der Waals surface area (Å²) < 4.78 is 2.10. The molecule has 2 aromatic rings. The third-order valence-corrected chi connectivity index (χ3v) is 5.00. The standard InChI is InChI=1S/C18H23N7O2/c1-12(17-23-22-15-4-2-3-8-25(15)17)21-18(27)14-10-13(5-6-19-14)24-9-7-20-16(26)11-24/h5-6,10,12H,2-4,7-9,11H2,1H3,(H,20,26)(H,21,27). The fourth-order valence-corrected chi connectivity index (χ4v) is 3.59. The van der Waals surface area contributed by atoms with Crippen molar-refractivity contribution in [3.63, 3.8) is 0 Å². The van der Waals surface area contributed by atoms with Crippen LogP contribution in [0.3, 0.4) is 0 Å². The summed E-state index contributed by atoms with van der Waals surface area (Å²) in [5.74, 6) is 1.48. The van der Waals surface area contributed by atoms with Gasteiger partial charge >= 0.3 is 0 Å². The molecule has 4 rings (SSSR count). The number of fused-ring (bicyclic) bond motifs is 1. The van der Waals surface area contributed by atoms with Gasteiger partial charge in [0.15, 0.2) is 5.82 Å². The molecule has 4 heterocycles. The van der Waals surface area contributed by atoms with Crippen LogP contribution >= 0.6 is 0 Å². The van der Waals surface area contributed by atoms with Crippen LogP contribution in [0.4, 0.5) is 5.69 Å². The smallest absolute Gasteiger partial charge is 0.270 e. The van der Waals surface area contributed by atoms with Gasteiger partial charge in [0.25, 0.3) is 5.91 Å². The first kappa shape index (κ1) is 17.4. The van der Waals surface area contributed by atoms with Crippen LogP contribution in [0.1, 0.15) is 47.9 Å². The largest absolute Gasteiger partial charge is 0.360 e. The summed E-state index contributed by atoms with van der Waals surface area (Å²) in [6.45, 7) is 4.38. The summed E-state index contributed by atoms with van der Waals surface area (Å²) >= 11 is 0. The van der Waals surface area contributed by atoms with Crippen LogP contribution in [-0.4, -0.2) is 51.2 Å². The number of anilines is 1. The first-order chi connectivity index (χ1) is 13.1. The van der Waals surface area contributed by atoms with Crippen LogP contribution in [-0.2, 0) is 17.8 Å². The topological polar surface area (TPSA) is 105 Å². The molecule has 9 heteroatoms. The van der Waals surface area contributed by atoms with Gasteiger partial charge in [0.2, 0.25) is 5.91 Å². The second kappa shape index (κ2) is 7.34. The lowest BCUT2D eigenvalue weighted by atomic mass is 10.1. The number of nitrogens with zero attached hydrogens (tertiary/aromatic N) is 5. The number of hydrogen-bond donors (Lipinski definition) is 2. The van der Waals surface area contributed by atoms with Crippen molar-refractivity contribution >= 4 is 17.5 Å². The Morgan fingerprint density at radius 1 is 1.30 bits per heavy atom. The minimum Gasteiger partial charge on any atom is -0.360 e. The fraction of sp³-hybridized carbons (Fsp3) is 0.500. The van der Waals surface area contributed by atoms with E-state index in [1.807, 2.05) is 17.9 Å². The second-order valence-corrected chi connectivity index (χ2v) is 6.95. The molecule has 2 amide bonds. The van der Waals surface area contributed by atoms with Crippen molar-refractivity contribution < 1.29 is 9.59 Å². The quantitative estimate of drug-likeness (QED) is 0.810. The van der Waals surface area contributed by atoms with E-state index in [0.29, 0.717) is 18.8 Å². The zero-order chi connectivity index (χ0) is 18.8. The summed E-state index contributed by atoms with van der Waals surface area (Å²) in [6, 6.07) is 3.27. The summed E-state index contributed by atoms with van der Waals surface area (Å²) in [5.41, 5.74) is 1.14. The summed E-state index contributed by atoms with van der Waals surface area (Å²) in [6.07, 6.45) is 4.76. The van der Waals surface area contributed by atoms with Gasteiger partial charge in [0.1, 0.15) is 11.5 Å². The molecule has 1 atom stereocenters. The maximum absolute atomic E-state index is 12.7. The highest BCUT2D eigenvalue weighted by Crippen LogP contribution is 2.20. The lowest BCUT2D eigenvalue weighted by molar-refractivity contribution is -0.120. The molecule has 1 saturated heterocycles. The van der Waals surface area contributed by atoms with Gasteiger partial charge in [0, 0.05) is 37.9 Å². The predicted octanol–water partition coefficient (Wildman–Crippen LogP) is 0.437. The zero-order valence-electron chi connectivity index (χ0n) is 15.3. The van der Waals surface area contributed by atoms with E-state index in [-0.39, 0.29) is 24.4 Å². The molecule has 0 spiro atoms. The molecule has 142 valence electrons. The summed E-state index contributed by atoms with van der Waals surface area (Å²) in [7, 11) is 0. The van der Waals surface area contributed by atoms with Crippen LogP contribution in [0.15, 0.2) is 18.3 Å². The van der Waals surface area contributed by atoms with Crippen molar-refractivity contribution in [1.29, 1.82) is 0 Å². The van der Waals surface area contributed by atoms with Crippen molar-refractivity contribution in [3.8, 4) is 0 Å². The molecule has 2 aromatic heterocycles. The predicted molar refractivity (Wildman–Crippen MR) is 98.3 cm³/mol. The van der Waals surface area contributed by atoms with Crippen molar-refractivity contribution in [2.24, 2.45) is 0 Å². The molecule has 0 radical (unpaired) electrons. The zero-order valence-corrected chi connectivity index (χ0v) is 15.3. The Kier molecular flexibility index (Phi) is 4.74. The highest BCUT2D eigenvalue weighted by molar-refractivity contribution is 5.93. The van der Waals surface area contributed by atoms with E-state index >= 15 is 0 Å². The average molecular weight is 369 g/mol. The van der Waals surface area contributed by atoms with Gasteiger partial charge in [-0.2, -0.15) is 0 Å².